The summed E-state index contributed by atoms with van der Waals surface area (Å²) < 4.78 is 0. The van der Waals surface area contributed by atoms with Gasteiger partial charge in [0.15, 0.2) is 0 Å². The van der Waals surface area contributed by atoms with Crippen molar-refractivity contribution in [2.24, 2.45) is 5.92 Å². The Morgan fingerprint density at radius 3 is 2.94 bits per heavy atom. The van der Waals surface area contributed by atoms with E-state index in [0.717, 1.165) is 12.8 Å². The fourth-order valence-corrected chi connectivity index (χ4v) is 1.67. The molecule has 0 radical (unpaired) electrons. The van der Waals surface area contributed by atoms with Gasteiger partial charge in [0.05, 0.1) is 11.3 Å². The third-order valence-corrected chi connectivity index (χ3v) is 2.78. The van der Waals surface area contributed by atoms with Gasteiger partial charge in [0.2, 0.25) is 5.91 Å². The standard InChI is InChI=1S/C12H11ClN2O/c13-10-4-3-9(7-14)11(6-10)15-12(16)5-8-1-2-8/h3-4,6,8H,1-2,5H2,(H,15,16). The number of amides is 1. The molecule has 1 aliphatic carbocycles. The van der Waals surface area contributed by atoms with Crippen molar-refractivity contribution >= 4 is 23.2 Å². The Bertz CT molecular complexity index is 461. The third-order valence-electron chi connectivity index (χ3n) is 2.55. The number of hydrogen-bond acceptors (Lipinski definition) is 2. The molecule has 0 spiro atoms. The number of rotatable bonds is 3. The van der Waals surface area contributed by atoms with Crippen LogP contribution >= 0.6 is 11.6 Å². The molecule has 3 nitrogen and oxygen atoms in total. The summed E-state index contributed by atoms with van der Waals surface area (Å²) >= 11 is 5.81. The maximum absolute atomic E-state index is 11.6. The number of nitriles is 1. The molecular formula is C12H11ClN2O. The molecule has 16 heavy (non-hydrogen) atoms. The van der Waals surface area contributed by atoms with Gasteiger partial charge >= 0.3 is 0 Å². The summed E-state index contributed by atoms with van der Waals surface area (Å²) in [7, 11) is 0. The molecule has 2 rings (SSSR count). The quantitative estimate of drug-likeness (QED) is 0.874. The fraction of sp³-hybridized carbons (Fsp3) is 0.333. The van der Waals surface area contributed by atoms with Gasteiger partial charge in [-0.2, -0.15) is 5.26 Å². The number of nitrogens with one attached hydrogen (secondary N) is 1. The van der Waals surface area contributed by atoms with Gasteiger partial charge in [-0.1, -0.05) is 11.6 Å². The number of benzene rings is 1. The first-order valence-electron chi connectivity index (χ1n) is 5.18. The summed E-state index contributed by atoms with van der Waals surface area (Å²) in [5.74, 6) is 0.492. The highest BCUT2D eigenvalue weighted by atomic mass is 35.5. The first kappa shape index (κ1) is 11.0. The number of halogens is 1. The van der Waals surface area contributed by atoms with E-state index in [1.807, 2.05) is 6.07 Å². The molecule has 1 aliphatic rings. The molecule has 1 N–H and O–H groups in total. The SMILES string of the molecule is N#Cc1ccc(Cl)cc1NC(=O)CC1CC1. The number of hydrogen-bond donors (Lipinski definition) is 1. The molecule has 0 aromatic heterocycles. The van der Waals surface area contributed by atoms with Crippen molar-refractivity contribution in [2.75, 3.05) is 5.32 Å². The Kier molecular flexibility index (Phi) is 3.12. The highest BCUT2D eigenvalue weighted by molar-refractivity contribution is 6.31. The van der Waals surface area contributed by atoms with E-state index >= 15 is 0 Å². The molecule has 0 atom stereocenters. The summed E-state index contributed by atoms with van der Waals surface area (Å²) in [5, 5.41) is 12.1. The summed E-state index contributed by atoms with van der Waals surface area (Å²) in [4.78, 5) is 11.6. The van der Waals surface area contributed by atoms with Crippen LogP contribution in [-0.4, -0.2) is 5.91 Å². The zero-order valence-corrected chi connectivity index (χ0v) is 9.42. The Labute approximate surface area is 99.0 Å². The minimum atomic E-state index is -0.0405. The minimum absolute atomic E-state index is 0.0405. The van der Waals surface area contributed by atoms with E-state index < -0.39 is 0 Å². The van der Waals surface area contributed by atoms with Crippen LogP contribution in [-0.2, 0) is 4.79 Å². The van der Waals surface area contributed by atoms with E-state index in [2.05, 4.69) is 5.32 Å². The van der Waals surface area contributed by atoms with Gasteiger partial charge in [0.1, 0.15) is 6.07 Å². The lowest BCUT2D eigenvalue weighted by molar-refractivity contribution is -0.116. The van der Waals surface area contributed by atoms with Crippen molar-refractivity contribution < 1.29 is 4.79 Å². The molecule has 1 fully saturated rings. The Morgan fingerprint density at radius 2 is 2.31 bits per heavy atom. The average molecular weight is 235 g/mol. The summed E-state index contributed by atoms with van der Waals surface area (Å²) in [6.45, 7) is 0. The number of nitrogens with zero attached hydrogens (tertiary/aromatic N) is 1. The largest absolute Gasteiger partial charge is 0.325 e. The summed E-state index contributed by atoms with van der Waals surface area (Å²) in [6.07, 6.45) is 2.81. The molecule has 1 aromatic rings. The van der Waals surface area contributed by atoms with E-state index in [1.54, 1.807) is 18.2 Å². The van der Waals surface area contributed by atoms with Gasteiger partial charge in [-0.15, -0.1) is 0 Å². The monoisotopic (exact) mass is 234 g/mol. The van der Waals surface area contributed by atoms with Crippen molar-refractivity contribution in [1.29, 1.82) is 5.26 Å². The lowest BCUT2D eigenvalue weighted by Crippen LogP contribution is -2.12. The van der Waals surface area contributed by atoms with Gasteiger partial charge in [-0.05, 0) is 37.0 Å². The maximum atomic E-state index is 11.6. The van der Waals surface area contributed by atoms with Crippen LogP contribution in [0.3, 0.4) is 0 Å². The third kappa shape index (κ3) is 2.74. The lowest BCUT2D eigenvalue weighted by Gasteiger charge is -2.06. The predicted molar refractivity (Wildman–Crippen MR) is 62.1 cm³/mol. The van der Waals surface area contributed by atoms with Crippen molar-refractivity contribution in [3.63, 3.8) is 0 Å². The zero-order valence-electron chi connectivity index (χ0n) is 8.66. The number of carbonyl (C=O) groups excluding carboxylic acids is 1. The second kappa shape index (κ2) is 4.54. The molecule has 0 unspecified atom stereocenters. The van der Waals surface area contributed by atoms with Crippen LogP contribution in [0.1, 0.15) is 24.8 Å². The second-order valence-electron chi connectivity index (χ2n) is 4.00. The molecule has 0 heterocycles. The van der Waals surface area contributed by atoms with Crippen molar-refractivity contribution in [3.8, 4) is 6.07 Å². The van der Waals surface area contributed by atoms with E-state index in [1.165, 1.54) is 0 Å². The smallest absolute Gasteiger partial charge is 0.224 e. The number of anilines is 1. The van der Waals surface area contributed by atoms with Crippen LogP contribution in [0.5, 0.6) is 0 Å². The van der Waals surface area contributed by atoms with E-state index in [-0.39, 0.29) is 5.91 Å². The molecule has 0 aliphatic heterocycles. The predicted octanol–water partition coefficient (Wildman–Crippen LogP) is 2.95. The van der Waals surface area contributed by atoms with Crippen LogP contribution in [0.25, 0.3) is 0 Å². The Morgan fingerprint density at radius 1 is 1.56 bits per heavy atom. The van der Waals surface area contributed by atoms with Crippen molar-refractivity contribution in [2.45, 2.75) is 19.3 Å². The first-order chi connectivity index (χ1) is 7.69. The molecule has 0 saturated heterocycles. The molecule has 1 saturated carbocycles. The van der Waals surface area contributed by atoms with Crippen LogP contribution in [0.15, 0.2) is 18.2 Å². The number of carbonyl (C=O) groups is 1. The highest BCUT2D eigenvalue weighted by Crippen LogP contribution is 2.32. The van der Waals surface area contributed by atoms with Gasteiger partial charge in [0.25, 0.3) is 0 Å². The maximum Gasteiger partial charge on any atom is 0.224 e. The molecule has 4 heteroatoms. The molecular weight excluding hydrogens is 224 g/mol. The van der Waals surface area contributed by atoms with E-state index in [4.69, 9.17) is 16.9 Å². The van der Waals surface area contributed by atoms with Crippen LogP contribution in [0, 0.1) is 17.2 Å². The van der Waals surface area contributed by atoms with E-state index in [0.29, 0.717) is 28.6 Å². The molecule has 0 bridgehead atoms. The van der Waals surface area contributed by atoms with Crippen LogP contribution in [0.2, 0.25) is 5.02 Å². The second-order valence-corrected chi connectivity index (χ2v) is 4.43. The Balaban J connectivity index is 2.09. The topological polar surface area (TPSA) is 52.9 Å². The summed E-state index contributed by atoms with van der Waals surface area (Å²) in [5.41, 5.74) is 0.939. The molecule has 1 amide bonds. The van der Waals surface area contributed by atoms with Crippen molar-refractivity contribution in [1.82, 2.24) is 0 Å². The van der Waals surface area contributed by atoms with Gasteiger partial charge < -0.3 is 5.32 Å². The van der Waals surface area contributed by atoms with Gasteiger partial charge in [-0.3, -0.25) is 4.79 Å². The van der Waals surface area contributed by atoms with Crippen LogP contribution < -0.4 is 5.32 Å². The zero-order chi connectivity index (χ0) is 11.5. The van der Waals surface area contributed by atoms with Crippen LogP contribution in [0.4, 0.5) is 5.69 Å². The van der Waals surface area contributed by atoms with Gasteiger partial charge in [0, 0.05) is 11.4 Å². The normalized spacial score (nSPS) is 14.2. The van der Waals surface area contributed by atoms with Crippen molar-refractivity contribution in [3.05, 3.63) is 28.8 Å². The summed E-state index contributed by atoms with van der Waals surface area (Å²) in [6, 6.07) is 6.87. The fourth-order valence-electron chi connectivity index (χ4n) is 1.50. The Hall–Kier alpha value is -1.53. The highest BCUT2D eigenvalue weighted by Gasteiger charge is 2.24. The average Bonchev–Trinajstić information content (AvgIpc) is 3.02. The van der Waals surface area contributed by atoms with E-state index in [9.17, 15) is 4.79 Å². The lowest BCUT2D eigenvalue weighted by atomic mass is 10.2. The first-order valence-corrected chi connectivity index (χ1v) is 5.56. The minimum Gasteiger partial charge on any atom is -0.325 e. The molecule has 82 valence electrons. The van der Waals surface area contributed by atoms with Gasteiger partial charge in [-0.25, -0.2) is 0 Å². The molecule has 1 aromatic carbocycles.